The van der Waals surface area contributed by atoms with Crippen molar-refractivity contribution < 1.29 is 9.59 Å². The minimum Gasteiger partial charge on any atom is -0.347 e. The lowest BCUT2D eigenvalue weighted by Crippen LogP contribution is -2.50. The van der Waals surface area contributed by atoms with E-state index in [1.165, 1.54) is 5.56 Å². The zero-order chi connectivity index (χ0) is 15.5. The van der Waals surface area contributed by atoms with Crippen molar-refractivity contribution in [2.24, 2.45) is 5.92 Å². The van der Waals surface area contributed by atoms with Crippen molar-refractivity contribution in [3.8, 4) is 0 Å². The predicted molar refractivity (Wildman–Crippen MR) is 84.4 cm³/mol. The third-order valence-electron chi connectivity index (χ3n) is 4.62. The number of piperazine rings is 1. The molecule has 0 radical (unpaired) electrons. The van der Waals surface area contributed by atoms with E-state index in [4.69, 9.17) is 0 Å². The predicted octanol–water partition coefficient (Wildman–Crippen LogP) is 0.680. The zero-order valence-electron chi connectivity index (χ0n) is 13.0. The van der Waals surface area contributed by atoms with E-state index in [9.17, 15) is 9.59 Å². The highest BCUT2D eigenvalue weighted by Gasteiger charge is 2.43. The SMILES string of the molecule is CN1CCN(C(=O)CNC(=O)C2CC2c2ccccc2)CC1. The molecule has 5 heteroatoms. The largest absolute Gasteiger partial charge is 0.347 e. The number of rotatable bonds is 4. The number of hydrogen-bond donors (Lipinski definition) is 1. The fourth-order valence-corrected chi connectivity index (χ4v) is 3.01. The molecule has 2 fully saturated rings. The molecule has 5 nitrogen and oxygen atoms in total. The molecule has 1 aromatic carbocycles. The number of carbonyl (C=O) groups is 2. The van der Waals surface area contributed by atoms with Gasteiger partial charge < -0.3 is 15.1 Å². The molecule has 0 bridgehead atoms. The van der Waals surface area contributed by atoms with Gasteiger partial charge in [-0.05, 0) is 24.9 Å². The van der Waals surface area contributed by atoms with Gasteiger partial charge in [0.15, 0.2) is 0 Å². The maximum atomic E-state index is 12.1. The molecule has 2 amide bonds. The van der Waals surface area contributed by atoms with Crippen LogP contribution in [-0.4, -0.2) is 61.4 Å². The van der Waals surface area contributed by atoms with Gasteiger partial charge in [0.05, 0.1) is 6.54 Å². The standard InChI is InChI=1S/C17H23N3O2/c1-19-7-9-20(10-8-19)16(21)12-18-17(22)15-11-14(15)13-5-3-2-4-6-13/h2-6,14-15H,7-12H2,1H3,(H,18,22). The maximum Gasteiger partial charge on any atom is 0.242 e. The van der Waals surface area contributed by atoms with Gasteiger partial charge in [0.25, 0.3) is 0 Å². The van der Waals surface area contributed by atoms with Gasteiger partial charge in [0.2, 0.25) is 11.8 Å². The molecule has 1 aliphatic heterocycles. The fourth-order valence-electron chi connectivity index (χ4n) is 3.01. The van der Waals surface area contributed by atoms with Gasteiger partial charge in [-0.15, -0.1) is 0 Å². The number of nitrogens with zero attached hydrogens (tertiary/aromatic N) is 2. The van der Waals surface area contributed by atoms with Crippen molar-refractivity contribution >= 4 is 11.8 Å². The molecule has 1 saturated heterocycles. The molecule has 1 aromatic rings. The molecule has 1 saturated carbocycles. The Hall–Kier alpha value is -1.88. The summed E-state index contributed by atoms with van der Waals surface area (Å²) in [6.07, 6.45) is 0.887. The molecule has 0 aromatic heterocycles. The molecular weight excluding hydrogens is 278 g/mol. The summed E-state index contributed by atoms with van der Waals surface area (Å²) in [5.41, 5.74) is 1.22. The molecule has 2 atom stereocenters. The first-order valence-corrected chi connectivity index (χ1v) is 7.94. The summed E-state index contributed by atoms with van der Waals surface area (Å²) in [5.74, 6) is 0.386. The number of carbonyl (C=O) groups excluding carboxylic acids is 2. The quantitative estimate of drug-likeness (QED) is 0.890. The Morgan fingerprint density at radius 3 is 2.50 bits per heavy atom. The highest BCUT2D eigenvalue weighted by atomic mass is 16.2. The smallest absolute Gasteiger partial charge is 0.242 e. The van der Waals surface area contributed by atoms with Crippen molar-refractivity contribution in [2.75, 3.05) is 39.8 Å². The Bertz CT molecular complexity index is 538. The second-order valence-electron chi connectivity index (χ2n) is 6.26. The summed E-state index contributed by atoms with van der Waals surface area (Å²) in [6, 6.07) is 10.1. The van der Waals surface area contributed by atoms with Crippen molar-refractivity contribution in [3.05, 3.63) is 35.9 Å². The fraction of sp³-hybridized carbons (Fsp3) is 0.529. The number of hydrogen-bond acceptors (Lipinski definition) is 3. The Kier molecular flexibility index (Phi) is 4.43. The molecule has 2 aliphatic rings. The van der Waals surface area contributed by atoms with Crippen LogP contribution in [0.1, 0.15) is 17.9 Å². The van der Waals surface area contributed by atoms with Crippen LogP contribution in [0.5, 0.6) is 0 Å². The van der Waals surface area contributed by atoms with Gasteiger partial charge >= 0.3 is 0 Å². The van der Waals surface area contributed by atoms with E-state index < -0.39 is 0 Å². The number of likely N-dealkylation sites (N-methyl/N-ethyl adjacent to an activating group) is 1. The van der Waals surface area contributed by atoms with E-state index in [2.05, 4.69) is 29.4 Å². The summed E-state index contributed by atoms with van der Waals surface area (Å²) in [5, 5.41) is 2.81. The molecular formula is C17H23N3O2. The van der Waals surface area contributed by atoms with Crippen LogP contribution in [-0.2, 0) is 9.59 Å². The average molecular weight is 301 g/mol. The lowest BCUT2D eigenvalue weighted by atomic mass is 10.1. The van der Waals surface area contributed by atoms with E-state index in [0.29, 0.717) is 5.92 Å². The van der Waals surface area contributed by atoms with Crippen LogP contribution in [0, 0.1) is 5.92 Å². The lowest BCUT2D eigenvalue weighted by Gasteiger charge is -2.32. The Balaban J connectivity index is 1.43. The monoisotopic (exact) mass is 301 g/mol. The minimum absolute atomic E-state index is 0.0105. The molecule has 2 unspecified atom stereocenters. The first-order valence-electron chi connectivity index (χ1n) is 7.94. The lowest BCUT2D eigenvalue weighted by molar-refractivity contribution is -0.134. The van der Waals surface area contributed by atoms with E-state index in [-0.39, 0.29) is 24.3 Å². The van der Waals surface area contributed by atoms with E-state index in [1.807, 2.05) is 23.1 Å². The Labute approximate surface area is 131 Å². The topological polar surface area (TPSA) is 52.6 Å². The molecule has 1 N–H and O–H groups in total. The van der Waals surface area contributed by atoms with Gasteiger partial charge in [0, 0.05) is 32.1 Å². The normalized spacial score (nSPS) is 24.9. The second kappa shape index (κ2) is 6.48. The third kappa shape index (κ3) is 3.47. The van der Waals surface area contributed by atoms with Gasteiger partial charge in [-0.25, -0.2) is 0 Å². The van der Waals surface area contributed by atoms with Gasteiger partial charge in [-0.1, -0.05) is 30.3 Å². The summed E-state index contributed by atoms with van der Waals surface area (Å²) in [6.45, 7) is 3.43. The van der Waals surface area contributed by atoms with Crippen LogP contribution in [0.2, 0.25) is 0 Å². The Morgan fingerprint density at radius 2 is 1.82 bits per heavy atom. The molecule has 1 aliphatic carbocycles. The van der Waals surface area contributed by atoms with Gasteiger partial charge in [-0.3, -0.25) is 9.59 Å². The summed E-state index contributed by atoms with van der Waals surface area (Å²) in [7, 11) is 2.06. The molecule has 22 heavy (non-hydrogen) atoms. The number of benzene rings is 1. The first kappa shape index (κ1) is 15.0. The summed E-state index contributed by atoms with van der Waals surface area (Å²) >= 11 is 0. The van der Waals surface area contributed by atoms with Crippen molar-refractivity contribution in [3.63, 3.8) is 0 Å². The molecule has 0 spiro atoms. The molecule has 3 rings (SSSR count). The summed E-state index contributed by atoms with van der Waals surface area (Å²) < 4.78 is 0. The zero-order valence-corrected chi connectivity index (χ0v) is 13.0. The first-order chi connectivity index (χ1) is 10.6. The summed E-state index contributed by atoms with van der Waals surface area (Å²) in [4.78, 5) is 28.3. The Morgan fingerprint density at radius 1 is 1.14 bits per heavy atom. The third-order valence-corrected chi connectivity index (χ3v) is 4.62. The van der Waals surface area contributed by atoms with Gasteiger partial charge in [0.1, 0.15) is 0 Å². The van der Waals surface area contributed by atoms with Crippen LogP contribution in [0.15, 0.2) is 30.3 Å². The van der Waals surface area contributed by atoms with Crippen molar-refractivity contribution in [1.29, 1.82) is 0 Å². The van der Waals surface area contributed by atoms with Crippen LogP contribution in [0.4, 0.5) is 0 Å². The average Bonchev–Trinajstić information content (AvgIpc) is 3.34. The van der Waals surface area contributed by atoms with Crippen LogP contribution >= 0.6 is 0 Å². The van der Waals surface area contributed by atoms with E-state index >= 15 is 0 Å². The van der Waals surface area contributed by atoms with Crippen LogP contribution in [0.3, 0.4) is 0 Å². The highest BCUT2D eigenvalue weighted by molar-refractivity contribution is 5.88. The van der Waals surface area contributed by atoms with Gasteiger partial charge in [-0.2, -0.15) is 0 Å². The second-order valence-corrected chi connectivity index (χ2v) is 6.26. The molecule has 1 heterocycles. The van der Waals surface area contributed by atoms with Crippen molar-refractivity contribution in [1.82, 2.24) is 15.1 Å². The highest BCUT2D eigenvalue weighted by Crippen LogP contribution is 2.47. The van der Waals surface area contributed by atoms with Crippen molar-refractivity contribution in [2.45, 2.75) is 12.3 Å². The number of nitrogens with one attached hydrogen (secondary N) is 1. The number of amides is 2. The minimum atomic E-state index is 0.0105. The van der Waals surface area contributed by atoms with Crippen LogP contribution in [0.25, 0.3) is 0 Å². The van der Waals surface area contributed by atoms with E-state index in [0.717, 1.165) is 32.6 Å². The maximum absolute atomic E-state index is 12.1. The molecule has 118 valence electrons. The van der Waals surface area contributed by atoms with Crippen LogP contribution < -0.4 is 5.32 Å². The van der Waals surface area contributed by atoms with E-state index in [1.54, 1.807) is 0 Å².